The largest absolute Gasteiger partial charge is 0.489 e. The van der Waals surface area contributed by atoms with Crippen LogP contribution >= 0.6 is 0 Å². The molecule has 4 nitrogen and oxygen atoms in total. The Morgan fingerprint density at radius 1 is 0.939 bits per heavy atom. The third-order valence-corrected chi connectivity index (χ3v) is 5.69. The van der Waals surface area contributed by atoms with E-state index in [0.29, 0.717) is 18.8 Å². The van der Waals surface area contributed by atoms with Crippen LogP contribution in [-0.4, -0.2) is 17.6 Å². The zero-order valence-electron chi connectivity index (χ0n) is 19.6. The highest BCUT2D eigenvalue weighted by Crippen LogP contribution is 2.33. The summed E-state index contributed by atoms with van der Waals surface area (Å²) in [5, 5.41) is 0.845. The summed E-state index contributed by atoms with van der Waals surface area (Å²) in [7, 11) is 0. The number of benzene rings is 3. The van der Waals surface area contributed by atoms with Gasteiger partial charge in [-0.05, 0) is 74.2 Å². The zero-order valence-corrected chi connectivity index (χ0v) is 19.6. The molecule has 0 saturated heterocycles. The third-order valence-electron chi connectivity index (χ3n) is 5.69. The average Bonchev–Trinajstić information content (AvgIpc) is 2.82. The van der Waals surface area contributed by atoms with Crippen LogP contribution in [0.5, 0.6) is 5.75 Å². The van der Waals surface area contributed by atoms with E-state index in [1.54, 1.807) is 0 Å². The first-order valence-corrected chi connectivity index (χ1v) is 11.3. The van der Waals surface area contributed by atoms with E-state index < -0.39 is 0 Å². The van der Waals surface area contributed by atoms with Crippen molar-refractivity contribution >= 4 is 16.9 Å². The molecule has 0 aliphatic heterocycles. The summed E-state index contributed by atoms with van der Waals surface area (Å²) in [5.41, 5.74) is 7.23. The molecule has 0 aliphatic carbocycles. The van der Waals surface area contributed by atoms with Crippen molar-refractivity contribution < 1.29 is 14.3 Å². The van der Waals surface area contributed by atoms with Crippen LogP contribution in [0.2, 0.25) is 0 Å². The molecule has 4 heteroatoms. The van der Waals surface area contributed by atoms with Gasteiger partial charge >= 0.3 is 5.97 Å². The Balaban J connectivity index is 1.72. The summed E-state index contributed by atoms with van der Waals surface area (Å²) in [6.45, 7) is 8.91. The Bertz CT molecular complexity index is 1280. The number of carbonyl (C=O) groups excluding carboxylic acids is 1. The molecule has 0 amide bonds. The monoisotopic (exact) mass is 439 g/mol. The van der Waals surface area contributed by atoms with Gasteiger partial charge in [0.15, 0.2) is 0 Å². The first-order chi connectivity index (χ1) is 16.0. The second-order valence-corrected chi connectivity index (χ2v) is 8.37. The van der Waals surface area contributed by atoms with E-state index in [9.17, 15) is 4.79 Å². The fraction of sp³-hybridized carbons (Fsp3) is 0.241. The Hall–Kier alpha value is -3.66. The predicted octanol–water partition coefficient (Wildman–Crippen LogP) is 6.97. The highest BCUT2D eigenvalue weighted by molar-refractivity contribution is 6.07. The lowest BCUT2D eigenvalue weighted by Gasteiger charge is -2.16. The number of nitrogens with zero attached hydrogens (tertiary/aromatic N) is 1. The number of esters is 1. The Morgan fingerprint density at radius 3 is 2.36 bits per heavy atom. The van der Waals surface area contributed by atoms with Crippen molar-refractivity contribution in [2.75, 3.05) is 6.61 Å². The summed E-state index contributed by atoms with van der Waals surface area (Å²) in [4.78, 5) is 18.0. The van der Waals surface area contributed by atoms with Crippen molar-refractivity contribution in [2.45, 2.75) is 40.7 Å². The van der Waals surface area contributed by atoms with E-state index in [2.05, 4.69) is 6.07 Å². The van der Waals surface area contributed by atoms with Crippen LogP contribution in [0.1, 0.15) is 46.0 Å². The first kappa shape index (κ1) is 22.5. The van der Waals surface area contributed by atoms with Crippen molar-refractivity contribution in [1.29, 1.82) is 0 Å². The minimum atomic E-state index is -0.296. The second-order valence-electron chi connectivity index (χ2n) is 8.37. The first-order valence-electron chi connectivity index (χ1n) is 11.3. The molecule has 0 saturated carbocycles. The van der Waals surface area contributed by atoms with Crippen LogP contribution in [0.15, 0.2) is 66.7 Å². The Kier molecular flexibility index (Phi) is 6.74. The van der Waals surface area contributed by atoms with E-state index in [0.717, 1.165) is 56.6 Å². The van der Waals surface area contributed by atoms with Gasteiger partial charge in [-0.2, -0.15) is 0 Å². The summed E-state index contributed by atoms with van der Waals surface area (Å²) in [6.07, 6.45) is 0.781. The molecule has 0 atom stereocenters. The SMILES string of the molecule is CCCOC(=O)c1c(C)c(-c2ccc(OCc3ccccc3)cc2)nc2c(C)cc(C)cc12. The highest BCUT2D eigenvalue weighted by Gasteiger charge is 2.21. The standard InChI is InChI=1S/C29H29NO3/c1-5-15-32-29(31)26-21(4)28(30-27-20(3)16-19(2)17-25(26)27)23-11-13-24(14-12-23)33-18-22-9-7-6-8-10-22/h6-14,16-17H,5,15,18H2,1-4H3. The van der Waals surface area contributed by atoms with Crippen molar-refractivity contribution in [1.82, 2.24) is 4.98 Å². The van der Waals surface area contributed by atoms with Crippen molar-refractivity contribution in [3.05, 3.63) is 94.5 Å². The summed E-state index contributed by atoms with van der Waals surface area (Å²) < 4.78 is 11.5. The third kappa shape index (κ3) is 4.90. The summed E-state index contributed by atoms with van der Waals surface area (Å²) in [6, 6.07) is 22.1. The number of aromatic nitrogens is 1. The summed E-state index contributed by atoms with van der Waals surface area (Å²) in [5.74, 6) is 0.492. The van der Waals surface area contributed by atoms with E-state index >= 15 is 0 Å². The molecule has 4 rings (SSSR count). The van der Waals surface area contributed by atoms with Crippen LogP contribution < -0.4 is 4.74 Å². The number of hydrogen-bond acceptors (Lipinski definition) is 4. The van der Waals surface area contributed by atoms with Crippen molar-refractivity contribution in [2.24, 2.45) is 0 Å². The number of hydrogen-bond donors (Lipinski definition) is 0. The van der Waals surface area contributed by atoms with Gasteiger partial charge in [0, 0.05) is 10.9 Å². The number of pyridine rings is 1. The maximum absolute atomic E-state index is 13.0. The topological polar surface area (TPSA) is 48.4 Å². The van der Waals surface area contributed by atoms with Gasteiger partial charge in [0.05, 0.1) is 23.4 Å². The molecule has 1 aromatic heterocycles. The molecule has 1 heterocycles. The molecule has 0 unspecified atom stereocenters. The normalized spacial score (nSPS) is 10.9. The number of aryl methyl sites for hydroxylation is 2. The molecular formula is C29H29NO3. The van der Waals surface area contributed by atoms with E-state index in [4.69, 9.17) is 14.5 Å². The Morgan fingerprint density at radius 2 is 1.67 bits per heavy atom. The lowest BCUT2D eigenvalue weighted by molar-refractivity contribution is 0.0506. The van der Waals surface area contributed by atoms with Crippen molar-refractivity contribution in [3.63, 3.8) is 0 Å². The minimum Gasteiger partial charge on any atom is -0.489 e. The second kappa shape index (κ2) is 9.86. The molecule has 0 fully saturated rings. The predicted molar refractivity (Wildman–Crippen MR) is 133 cm³/mol. The van der Waals surface area contributed by atoms with Gasteiger partial charge in [-0.25, -0.2) is 9.78 Å². The molecule has 0 aliphatic rings. The van der Waals surface area contributed by atoms with E-state index in [-0.39, 0.29) is 5.97 Å². The molecule has 168 valence electrons. The maximum atomic E-state index is 13.0. The van der Waals surface area contributed by atoms with Gasteiger partial charge in [0.25, 0.3) is 0 Å². The molecule has 0 N–H and O–H groups in total. The lowest BCUT2D eigenvalue weighted by atomic mass is 9.95. The molecule has 4 aromatic rings. The molecular weight excluding hydrogens is 410 g/mol. The maximum Gasteiger partial charge on any atom is 0.339 e. The summed E-state index contributed by atoms with van der Waals surface area (Å²) >= 11 is 0. The van der Waals surface area contributed by atoms with Gasteiger partial charge in [0.1, 0.15) is 12.4 Å². The van der Waals surface area contributed by atoms with Crippen LogP contribution in [0.3, 0.4) is 0 Å². The fourth-order valence-electron chi connectivity index (χ4n) is 4.08. The van der Waals surface area contributed by atoms with Crippen LogP contribution in [0.4, 0.5) is 0 Å². The van der Waals surface area contributed by atoms with Crippen molar-refractivity contribution in [3.8, 4) is 17.0 Å². The quantitative estimate of drug-likeness (QED) is 0.292. The minimum absolute atomic E-state index is 0.296. The molecule has 33 heavy (non-hydrogen) atoms. The zero-order chi connectivity index (χ0) is 23.4. The van der Waals surface area contributed by atoms with Crippen LogP contribution in [0, 0.1) is 20.8 Å². The highest BCUT2D eigenvalue weighted by atomic mass is 16.5. The average molecular weight is 440 g/mol. The number of fused-ring (bicyclic) bond motifs is 1. The van der Waals surface area contributed by atoms with Gasteiger partial charge < -0.3 is 9.47 Å². The number of rotatable bonds is 7. The fourth-order valence-corrected chi connectivity index (χ4v) is 4.08. The molecule has 3 aromatic carbocycles. The van der Waals surface area contributed by atoms with Crippen LogP contribution in [-0.2, 0) is 11.3 Å². The van der Waals surface area contributed by atoms with Gasteiger partial charge in [-0.3, -0.25) is 0 Å². The molecule has 0 radical (unpaired) electrons. The molecule has 0 bridgehead atoms. The van der Waals surface area contributed by atoms with E-state index in [1.165, 1.54) is 0 Å². The number of carbonyl (C=O) groups is 1. The van der Waals surface area contributed by atoms with Gasteiger partial charge in [-0.15, -0.1) is 0 Å². The Labute approximate surface area is 195 Å². The van der Waals surface area contributed by atoms with Gasteiger partial charge in [-0.1, -0.05) is 48.9 Å². The van der Waals surface area contributed by atoms with E-state index in [1.807, 2.05) is 88.4 Å². The lowest BCUT2D eigenvalue weighted by Crippen LogP contribution is -2.11. The molecule has 0 spiro atoms. The van der Waals surface area contributed by atoms with Crippen LogP contribution in [0.25, 0.3) is 22.2 Å². The smallest absolute Gasteiger partial charge is 0.339 e. The number of ether oxygens (including phenoxy) is 2. The van der Waals surface area contributed by atoms with Gasteiger partial charge in [0.2, 0.25) is 0 Å².